The average molecular weight is 345 g/mol. The van der Waals surface area contributed by atoms with E-state index in [0.717, 1.165) is 10.9 Å². The average Bonchev–Trinajstić information content (AvgIpc) is 2.57. The van der Waals surface area contributed by atoms with E-state index < -0.39 is 0 Å². The van der Waals surface area contributed by atoms with Gasteiger partial charge in [0.1, 0.15) is 5.75 Å². The zero-order valence-electron chi connectivity index (χ0n) is 15.6. The highest BCUT2D eigenvalue weighted by Crippen LogP contribution is 2.18. The summed E-state index contributed by atoms with van der Waals surface area (Å²) in [5, 5.41) is 3.86. The maximum absolute atomic E-state index is 12.2. The number of nitrogens with zero attached hydrogens (tertiary/aromatic N) is 1. The minimum absolute atomic E-state index is 0.0517. The Balaban J connectivity index is 2.02. The molecule has 0 spiro atoms. The fourth-order valence-electron chi connectivity index (χ4n) is 2.35. The predicted molar refractivity (Wildman–Crippen MR) is 100 cm³/mol. The number of likely N-dealkylation sites (N-methyl/N-ethyl adjacent to an activating group) is 1. The highest BCUT2D eigenvalue weighted by Gasteiger charge is 2.21. The second-order valence-electron chi connectivity index (χ2n) is 7.06. The zero-order chi connectivity index (χ0) is 18.6. The highest BCUT2D eigenvalue weighted by atomic mass is 16.5. The lowest BCUT2D eigenvalue weighted by Crippen LogP contribution is -2.48. The molecule has 0 atom stereocenters. The van der Waals surface area contributed by atoms with Gasteiger partial charge in [-0.25, -0.2) is 0 Å². The third kappa shape index (κ3) is 4.82. The Morgan fingerprint density at radius 2 is 2.00 bits per heavy atom. The third-order valence-corrected chi connectivity index (χ3v) is 4.68. The summed E-state index contributed by atoms with van der Waals surface area (Å²) in [6.07, 6.45) is 0.694. The van der Waals surface area contributed by atoms with E-state index in [2.05, 4.69) is 29.0 Å². The van der Waals surface area contributed by atoms with Crippen molar-refractivity contribution >= 4 is 16.8 Å². The number of pyridine rings is 1. The molecule has 2 aromatic rings. The fraction of sp³-hybridized carbons (Fsp3) is 0.474. The van der Waals surface area contributed by atoms with Crippen molar-refractivity contribution in [1.29, 1.82) is 0 Å². The molecule has 6 nitrogen and oxygen atoms in total. The number of aryl methyl sites for hydroxylation is 1. The van der Waals surface area contributed by atoms with Gasteiger partial charge in [-0.2, -0.15) is 0 Å². The Morgan fingerprint density at radius 1 is 1.28 bits per heavy atom. The molecule has 0 aliphatic carbocycles. The first-order valence-electron chi connectivity index (χ1n) is 8.37. The second-order valence-corrected chi connectivity index (χ2v) is 7.06. The summed E-state index contributed by atoms with van der Waals surface area (Å²) in [5.74, 6) is 0.642. The topological polar surface area (TPSA) is 74.4 Å². The first-order chi connectivity index (χ1) is 11.7. The summed E-state index contributed by atoms with van der Waals surface area (Å²) in [6, 6.07) is 7.37. The number of fused-ring (bicyclic) bond motifs is 1. The van der Waals surface area contributed by atoms with E-state index in [1.807, 2.05) is 32.3 Å². The van der Waals surface area contributed by atoms with Crippen LogP contribution in [0.2, 0.25) is 0 Å². The number of amides is 1. The van der Waals surface area contributed by atoms with Gasteiger partial charge in [-0.05, 0) is 57.9 Å². The van der Waals surface area contributed by atoms with Crippen LogP contribution in [0.25, 0.3) is 10.9 Å². The van der Waals surface area contributed by atoms with Gasteiger partial charge in [0.15, 0.2) is 0 Å². The number of aromatic amines is 1. The predicted octanol–water partition coefficient (Wildman–Crippen LogP) is 1.93. The summed E-state index contributed by atoms with van der Waals surface area (Å²) in [4.78, 5) is 29.2. The summed E-state index contributed by atoms with van der Waals surface area (Å²) in [5.41, 5.74) is 1.06. The van der Waals surface area contributed by atoms with E-state index in [-0.39, 0.29) is 23.4 Å². The number of benzene rings is 1. The van der Waals surface area contributed by atoms with Crippen molar-refractivity contribution in [2.75, 3.05) is 27.7 Å². The standard InChI is InChI=1S/C19H27N3O3/c1-19(2,22(3)4)12-20-17(23)9-7-14-10-13-6-8-15(25-5)11-16(13)21-18(14)24/h6,8,10-11H,7,9,12H2,1-5H3,(H,20,23)(H,21,24). The van der Waals surface area contributed by atoms with Crippen LogP contribution in [0.1, 0.15) is 25.8 Å². The van der Waals surface area contributed by atoms with Crippen LogP contribution in [-0.2, 0) is 11.2 Å². The molecular weight excluding hydrogens is 318 g/mol. The molecule has 0 saturated heterocycles. The maximum Gasteiger partial charge on any atom is 0.251 e. The first-order valence-corrected chi connectivity index (χ1v) is 8.37. The van der Waals surface area contributed by atoms with E-state index >= 15 is 0 Å². The molecule has 0 bridgehead atoms. The van der Waals surface area contributed by atoms with Crippen LogP contribution in [0.4, 0.5) is 0 Å². The first kappa shape index (κ1) is 19.0. The van der Waals surface area contributed by atoms with Gasteiger partial charge >= 0.3 is 0 Å². The van der Waals surface area contributed by atoms with Crippen LogP contribution in [0.3, 0.4) is 0 Å². The number of carbonyl (C=O) groups is 1. The molecule has 0 radical (unpaired) electrons. The van der Waals surface area contributed by atoms with Gasteiger partial charge in [0.2, 0.25) is 5.91 Å². The molecule has 0 unspecified atom stereocenters. The number of hydrogen-bond acceptors (Lipinski definition) is 4. The molecule has 6 heteroatoms. The molecule has 0 aliphatic rings. The number of carbonyl (C=O) groups excluding carboxylic acids is 1. The Morgan fingerprint density at radius 3 is 2.64 bits per heavy atom. The minimum atomic E-state index is -0.165. The van der Waals surface area contributed by atoms with Gasteiger partial charge < -0.3 is 19.9 Å². The van der Waals surface area contributed by atoms with Gasteiger partial charge in [0.05, 0.1) is 12.6 Å². The molecule has 2 N–H and O–H groups in total. The van der Waals surface area contributed by atoms with E-state index in [1.165, 1.54) is 0 Å². The SMILES string of the molecule is COc1ccc2cc(CCC(=O)NCC(C)(C)N(C)C)c(=O)[nH]c2c1. The Labute approximate surface area is 148 Å². The molecule has 0 aliphatic heterocycles. The van der Waals surface area contributed by atoms with Crippen molar-refractivity contribution in [2.45, 2.75) is 32.2 Å². The number of hydrogen-bond donors (Lipinski definition) is 2. The molecule has 0 fully saturated rings. The van der Waals surface area contributed by atoms with Gasteiger partial charge in [0, 0.05) is 30.1 Å². The number of aromatic nitrogens is 1. The van der Waals surface area contributed by atoms with Crippen LogP contribution in [0.5, 0.6) is 5.75 Å². The van der Waals surface area contributed by atoms with Gasteiger partial charge in [-0.15, -0.1) is 0 Å². The van der Waals surface area contributed by atoms with Crippen LogP contribution in [0, 0.1) is 0 Å². The second kappa shape index (κ2) is 7.70. The summed E-state index contributed by atoms with van der Waals surface area (Å²) in [6.45, 7) is 4.69. The summed E-state index contributed by atoms with van der Waals surface area (Å²) < 4.78 is 5.16. The summed E-state index contributed by atoms with van der Waals surface area (Å²) >= 11 is 0. The Bertz CT molecular complexity index is 809. The Hall–Kier alpha value is -2.34. The normalized spacial score (nSPS) is 11.8. The van der Waals surface area contributed by atoms with E-state index in [1.54, 1.807) is 13.2 Å². The largest absolute Gasteiger partial charge is 0.497 e. The van der Waals surface area contributed by atoms with Crippen LogP contribution < -0.4 is 15.6 Å². The molecule has 1 heterocycles. The lowest BCUT2D eigenvalue weighted by atomic mass is 10.0. The van der Waals surface area contributed by atoms with E-state index in [9.17, 15) is 9.59 Å². The molecule has 136 valence electrons. The van der Waals surface area contributed by atoms with Gasteiger partial charge in [-0.3, -0.25) is 9.59 Å². The minimum Gasteiger partial charge on any atom is -0.497 e. The van der Waals surface area contributed by atoms with Crippen molar-refractivity contribution in [2.24, 2.45) is 0 Å². The Kier molecular flexibility index (Phi) is 5.85. The molecular formula is C19H27N3O3. The van der Waals surface area contributed by atoms with Crippen molar-refractivity contribution < 1.29 is 9.53 Å². The number of rotatable bonds is 7. The number of nitrogens with one attached hydrogen (secondary N) is 2. The van der Waals surface area contributed by atoms with Crippen molar-refractivity contribution in [3.8, 4) is 5.75 Å². The number of ether oxygens (including phenoxy) is 1. The highest BCUT2D eigenvalue weighted by molar-refractivity contribution is 5.81. The molecule has 1 aromatic heterocycles. The maximum atomic E-state index is 12.2. The smallest absolute Gasteiger partial charge is 0.251 e. The van der Waals surface area contributed by atoms with Crippen molar-refractivity contribution in [1.82, 2.24) is 15.2 Å². The molecule has 2 rings (SSSR count). The lowest BCUT2D eigenvalue weighted by Gasteiger charge is -2.32. The molecule has 1 aromatic carbocycles. The van der Waals surface area contributed by atoms with Crippen LogP contribution in [0.15, 0.2) is 29.1 Å². The molecule has 25 heavy (non-hydrogen) atoms. The van der Waals surface area contributed by atoms with Crippen molar-refractivity contribution in [3.63, 3.8) is 0 Å². The summed E-state index contributed by atoms with van der Waals surface area (Å²) in [7, 11) is 5.55. The quantitative estimate of drug-likeness (QED) is 0.804. The number of methoxy groups -OCH3 is 1. The third-order valence-electron chi connectivity index (χ3n) is 4.68. The van der Waals surface area contributed by atoms with Crippen LogP contribution in [-0.4, -0.2) is 49.1 Å². The zero-order valence-corrected chi connectivity index (χ0v) is 15.6. The lowest BCUT2D eigenvalue weighted by molar-refractivity contribution is -0.121. The van der Waals surface area contributed by atoms with E-state index in [0.29, 0.717) is 24.3 Å². The van der Waals surface area contributed by atoms with Gasteiger partial charge in [0.25, 0.3) is 5.56 Å². The van der Waals surface area contributed by atoms with Crippen LogP contribution >= 0.6 is 0 Å². The van der Waals surface area contributed by atoms with Gasteiger partial charge in [-0.1, -0.05) is 0 Å². The van der Waals surface area contributed by atoms with E-state index in [4.69, 9.17) is 4.74 Å². The van der Waals surface area contributed by atoms with Crippen molar-refractivity contribution in [3.05, 3.63) is 40.2 Å². The molecule has 0 saturated carbocycles. The fourth-order valence-corrected chi connectivity index (χ4v) is 2.35. The molecule has 1 amide bonds. The monoisotopic (exact) mass is 345 g/mol. The number of H-pyrrole nitrogens is 1.